The second-order valence-electron chi connectivity index (χ2n) is 10.3. The molecule has 9 heteroatoms. The Morgan fingerprint density at radius 1 is 1.24 bits per heavy atom. The maximum Gasteiger partial charge on any atom is 0.286 e. The van der Waals surface area contributed by atoms with Crippen LogP contribution < -0.4 is 10.2 Å². The second-order valence-corrected chi connectivity index (χ2v) is 10.3. The van der Waals surface area contributed by atoms with Crippen LogP contribution in [0.25, 0.3) is 11.1 Å². The zero-order valence-electron chi connectivity index (χ0n) is 21.8. The molecular formula is C29H30F2N4O3. The van der Waals surface area contributed by atoms with Crippen LogP contribution >= 0.6 is 0 Å². The molecule has 38 heavy (non-hydrogen) atoms. The smallest absolute Gasteiger partial charge is 0.286 e. The van der Waals surface area contributed by atoms with Crippen LogP contribution in [-0.2, 0) is 20.9 Å². The lowest BCUT2D eigenvalue weighted by Crippen LogP contribution is -2.55. The summed E-state index contributed by atoms with van der Waals surface area (Å²) in [5.74, 6) is -3.20. The largest absolute Gasteiger partial charge is 0.381 e. The standard InChI is InChI=1S/C29H30F2N4O3/c1-5-35-25-22(28(3)9-11-38-16-23(28)27(35)37)12-19(15-33-25)21-14-20(7-6-17(21)2)34-26(36)18-8-10-32-24(13-18)29(4,30)31/h6-8,10,12-15,23H,5,9,11,16H2,1-4H3,(H,34,36). The van der Waals surface area contributed by atoms with Crippen molar-refractivity contribution in [3.63, 3.8) is 0 Å². The number of carbonyl (C=O) groups is 2. The molecule has 1 fully saturated rings. The highest BCUT2D eigenvalue weighted by atomic mass is 19.3. The van der Waals surface area contributed by atoms with E-state index in [4.69, 9.17) is 9.72 Å². The van der Waals surface area contributed by atoms with Crippen LogP contribution in [0.1, 0.15) is 54.4 Å². The molecule has 0 saturated carbocycles. The number of pyridine rings is 2. The van der Waals surface area contributed by atoms with Gasteiger partial charge in [0.1, 0.15) is 11.5 Å². The third-order valence-corrected chi connectivity index (χ3v) is 7.72. The van der Waals surface area contributed by atoms with Crippen molar-refractivity contribution < 1.29 is 23.1 Å². The van der Waals surface area contributed by atoms with Crippen molar-refractivity contribution in [2.45, 2.75) is 45.5 Å². The van der Waals surface area contributed by atoms with Gasteiger partial charge in [0.2, 0.25) is 5.91 Å². The van der Waals surface area contributed by atoms with E-state index in [1.807, 2.05) is 26.0 Å². The summed E-state index contributed by atoms with van der Waals surface area (Å²) in [6, 6.07) is 10.1. The first-order valence-corrected chi connectivity index (χ1v) is 12.7. The van der Waals surface area contributed by atoms with Gasteiger partial charge < -0.3 is 10.1 Å². The molecule has 0 bridgehead atoms. The Hall–Kier alpha value is -3.72. The van der Waals surface area contributed by atoms with E-state index in [0.29, 0.717) is 31.3 Å². The van der Waals surface area contributed by atoms with Crippen LogP contribution in [0, 0.1) is 12.8 Å². The van der Waals surface area contributed by atoms with Crippen molar-refractivity contribution >= 4 is 23.3 Å². The van der Waals surface area contributed by atoms with Crippen LogP contribution in [0.4, 0.5) is 20.3 Å². The van der Waals surface area contributed by atoms with Crippen molar-refractivity contribution in [2.75, 3.05) is 30.0 Å². The summed E-state index contributed by atoms with van der Waals surface area (Å²) in [6.45, 7) is 8.25. The summed E-state index contributed by atoms with van der Waals surface area (Å²) in [7, 11) is 0. The lowest BCUT2D eigenvalue weighted by atomic mass is 9.66. The number of benzene rings is 1. The third-order valence-electron chi connectivity index (χ3n) is 7.72. The zero-order chi connectivity index (χ0) is 27.2. The predicted molar refractivity (Wildman–Crippen MR) is 140 cm³/mol. The number of nitrogens with zero attached hydrogens (tertiary/aromatic N) is 3. The van der Waals surface area contributed by atoms with Gasteiger partial charge in [-0.2, -0.15) is 8.78 Å². The topological polar surface area (TPSA) is 84.4 Å². The molecule has 3 aromatic rings. The molecule has 2 unspecified atom stereocenters. The molecule has 4 heterocycles. The van der Waals surface area contributed by atoms with Gasteiger partial charge in [0, 0.05) is 60.3 Å². The van der Waals surface area contributed by atoms with Gasteiger partial charge in [-0.1, -0.05) is 13.0 Å². The van der Waals surface area contributed by atoms with Crippen LogP contribution in [0.3, 0.4) is 0 Å². The number of hydrogen-bond donors (Lipinski definition) is 1. The molecule has 2 aliphatic heterocycles. The first kappa shape index (κ1) is 25.9. The molecule has 0 aliphatic carbocycles. The molecular weight excluding hydrogens is 490 g/mol. The Labute approximate surface area is 220 Å². The van der Waals surface area contributed by atoms with Gasteiger partial charge in [-0.3, -0.25) is 19.5 Å². The van der Waals surface area contributed by atoms with Gasteiger partial charge in [-0.25, -0.2) is 4.98 Å². The average molecular weight is 521 g/mol. The van der Waals surface area contributed by atoms with Gasteiger partial charge >= 0.3 is 0 Å². The van der Waals surface area contributed by atoms with Crippen LogP contribution in [0.15, 0.2) is 48.8 Å². The highest BCUT2D eigenvalue weighted by Crippen LogP contribution is 2.48. The monoisotopic (exact) mass is 520 g/mol. The van der Waals surface area contributed by atoms with E-state index in [2.05, 4.69) is 23.3 Å². The van der Waals surface area contributed by atoms with Crippen molar-refractivity contribution in [3.05, 3.63) is 71.2 Å². The van der Waals surface area contributed by atoms with E-state index in [-0.39, 0.29) is 22.8 Å². The number of nitrogens with one attached hydrogen (secondary N) is 1. The number of halogens is 2. The second kappa shape index (κ2) is 9.54. The molecule has 198 valence electrons. The molecule has 2 aromatic heterocycles. The Morgan fingerprint density at radius 2 is 2.03 bits per heavy atom. The fourth-order valence-corrected chi connectivity index (χ4v) is 5.37. The van der Waals surface area contributed by atoms with Gasteiger partial charge in [-0.15, -0.1) is 0 Å². The maximum atomic E-state index is 13.7. The molecule has 2 aliphatic rings. The SMILES string of the molecule is CCN1C(=O)C2COCCC2(C)c2cc(-c3cc(NC(=O)c4ccnc(C(C)(F)F)c4)ccc3C)cnc21. The van der Waals surface area contributed by atoms with Gasteiger partial charge in [0.05, 0.1) is 12.5 Å². The van der Waals surface area contributed by atoms with E-state index < -0.39 is 17.5 Å². The fraction of sp³-hybridized carbons (Fsp3) is 0.379. The molecule has 0 spiro atoms. The lowest BCUT2D eigenvalue weighted by Gasteiger charge is -2.47. The van der Waals surface area contributed by atoms with Crippen LogP contribution in [0.5, 0.6) is 0 Å². The minimum Gasteiger partial charge on any atom is -0.381 e. The van der Waals surface area contributed by atoms with Crippen molar-refractivity contribution in [2.24, 2.45) is 5.92 Å². The van der Waals surface area contributed by atoms with Gasteiger partial charge in [0.15, 0.2) is 0 Å². The normalized spacial score (nSPS) is 21.1. The number of amides is 2. The fourth-order valence-electron chi connectivity index (χ4n) is 5.37. The first-order valence-electron chi connectivity index (χ1n) is 12.7. The summed E-state index contributed by atoms with van der Waals surface area (Å²) in [5, 5.41) is 2.81. The predicted octanol–water partition coefficient (Wildman–Crippen LogP) is 5.48. The van der Waals surface area contributed by atoms with Crippen molar-refractivity contribution in [1.82, 2.24) is 9.97 Å². The summed E-state index contributed by atoms with van der Waals surface area (Å²) in [4.78, 5) is 36.3. The highest BCUT2D eigenvalue weighted by molar-refractivity contribution is 6.04. The Kier molecular flexibility index (Phi) is 6.51. The number of rotatable bonds is 5. The number of alkyl halides is 2. The molecule has 2 atom stereocenters. The van der Waals surface area contributed by atoms with E-state index in [1.54, 1.807) is 17.2 Å². The first-order chi connectivity index (χ1) is 18.0. The van der Waals surface area contributed by atoms with E-state index in [9.17, 15) is 18.4 Å². The Bertz CT molecular complexity index is 1420. The number of aryl methyl sites for hydroxylation is 1. The third kappa shape index (κ3) is 4.45. The number of carbonyl (C=O) groups excluding carboxylic acids is 2. The summed E-state index contributed by atoms with van der Waals surface area (Å²) in [6.07, 6.45) is 3.68. The lowest BCUT2D eigenvalue weighted by molar-refractivity contribution is -0.131. The number of fused-ring (bicyclic) bond motifs is 3. The van der Waals surface area contributed by atoms with Crippen molar-refractivity contribution in [1.29, 1.82) is 0 Å². The molecule has 7 nitrogen and oxygen atoms in total. The number of ether oxygens (including phenoxy) is 1. The minimum atomic E-state index is -3.15. The number of aromatic nitrogens is 2. The van der Waals surface area contributed by atoms with Crippen LogP contribution in [-0.4, -0.2) is 41.5 Å². The summed E-state index contributed by atoms with van der Waals surface area (Å²) in [5.41, 5.74) is 3.51. The summed E-state index contributed by atoms with van der Waals surface area (Å²) >= 11 is 0. The van der Waals surface area contributed by atoms with Crippen LogP contribution in [0.2, 0.25) is 0 Å². The number of anilines is 2. The number of hydrogen-bond acceptors (Lipinski definition) is 5. The quantitative estimate of drug-likeness (QED) is 0.482. The Morgan fingerprint density at radius 3 is 2.76 bits per heavy atom. The molecule has 5 rings (SSSR count). The molecule has 1 saturated heterocycles. The van der Waals surface area contributed by atoms with Gasteiger partial charge in [0.25, 0.3) is 11.8 Å². The maximum absolute atomic E-state index is 13.7. The van der Waals surface area contributed by atoms with E-state index in [0.717, 1.165) is 41.7 Å². The molecule has 1 N–H and O–H groups in total. The molecule has 2 amide bonds. The minimum absolute atomic E-state index is 0.0449. The molecule has 0 radical (unpaired) electrons. The van der Waals surface area contributed by atoms with E-state index in [1.165, 1.54) is 12.3 Å². The summed E-state index contributed by atoms with van der Waals surface area (Å²) < 4.78 is 33.1. The zero-order valence-corrected chi connectivity index (χ0v) is 21.8. The molecule has 1 aromatic carbocycles. The van der Waals surface area contributed by atoms with E-state index >= 15 is 0 Å². The highest BCUT2D eigenvalue weighted by Gasteiger charge is 2.50. The average Bonchev–Trinajstić information content (AvgIpc) is 2.89. The van der Waals surface area contributed by atoms with Crippen molar-refractivity contribution in [3.8, 4) is 11.1 Å². The Balaban J connectivity index is 1.50. The van der Waals surface area contributed by atoms with Gasteiger partial charge in [-0.05, 0) is 61.7 Å².